The molecule has 0 amide bonds. The molecule has 1 aromatic heterocycles. The quantitative estimate of drug-likeness (QED) is 0.645. The molecule has 0 spiro atoms. The fourth-order valence-corrected chi connectivity index (χ4v) is 1.26. The average molecular weight is 165 g/mol. The number of H-pyrrole nitrogens is 1. The molecule has 0 aliphatic rings. The first-order valence-corrected chi connectivity index (χ1v) is 4.71. The maximum absolute atomic E-state index is 4.17. The molecule has 1 aromatic rings. The third-order valence-corrected chi connectivity index (χ3v) is 1.97. The molecule has 0 aliphatic heterocycles. The number of aryl methyl sites for hydroxylation is 1. The lowest BCUT2D eigenvalue weighted by atomic mass is 10.1. The molecule has 0 atom stereocenters. The Bertz CT molecular complexity index is 180. The highest BCUT2D eigenvalue weighted by atomic mass is 14.9. The average Bonchev–Trinajstić information content (AvgIpc) is 2.57. The van der Waals surface area contributed by atoms with Crippen molar-refractivity contribution in [3.05, 3.63) is 25.1 Å². The summed E-state index contributed by atoms with van der Waals surface area (Å²) in [7, 11) is 0. The van der Waals surface area contributed by atoms with Gasteiger partial charge in [0, 0.05) is 18.8 Å². The van der Waals surface area contributed by atoms with Crippen LogP contribution in [0.25, 0.3) is 0 Å². The summed E-state index contributed by atoms with van der Waals surface area (Å²) in [5.41, 5.74) is 0. The largest absolute Gasteiger partial charge is 0.349 e. The van der Waals surface area contributed by atoms with Gasteiger partial charge in [-0.05, 0) is 6.42 Å². The van der Waals surface area contributed by atoms with Crippen LogP contribution in [0.2, 0.25) is 0 Å². The van der Waals surface area contributed by atoms with Gasteiger partial charge in [0.05, 0.1) is 0 Å². The second-order valence-corrected chi connectivity index (χ2v) is 3.05. The molecule has 67 valence electrons. The molecule has 0 saturated carbocycles. The van der Waals surface area contributed by atoms with Crippen LogP contribution in [0, 0.1) is 6.92 Å². The van der Waals surface area contributed by atoms with E-state index in [1.807, 2.05) is 12.4 Å². The van der Waals surface area contributed by atoms with Crippen LogP contribution < -0.4 is 0 Å². The van der Waals surface area contributed by atoms with Crippen molar-refractivity contribution in [3.63, 3.8) is 0 Å². The Balaban J connectivity index is 1.96. The van der Waals surface area contributed by atoms with Gasteiger partial charge in [0.15, 0.2) is 0 Å². The molecule has 0 fully saturated rings. The number of hydrogen-bond donors (Lipinski definition) is 1. The molecule has 1 rings (SSSR count). The van der Waals surface area contributed by atoms with Gasteiger partial charge in [-0.3, -0.25) is 0 Å². The highest BCUT2D eigenvalue weighted by molar-refractivity contribution is 4.86. The van der Waals surface area contributed by atoms with Crippen molar-refractivity contribution >= 4 is 0 Å². The summed E-state index contributed by atoms with van der Waals surface area (Å²) in [5, 5.41) is 0. The van der Waals surface area contributed by atoms with Crippen molar-refractivity contribution in [1.29, 1.82) is 0 Å². The van der Waals surface area contributed by atoms with Crippen molar-refractivity contribution in [2.24, 2.45) is 0 Å². The second kappa shape index (κ2) is 5.81. The van der Waals surface area contributed by atoms with Crippen molar-refractivity contribution < 1.29 is 0 Å². The highest BCUT2D eigenvalue weighted by Crippen LogP contribution is 2.05. The third kappa shape index (κ3) is 3.56. The molecule has 2 nitrogen and oxygen atoms in total. The Morgan fingerprint density at radius 2 is 2.08 bits per heavy atom. The highest BCUT2D eigenvalue weighted by Gasteiger charge is 1.93. The predicted octanol–water partition coefficient (Wildman–Crippen LogP) is 2.74. The Morgan fingerprint density at radius 3 is 2.75 bits per heavy atom. The zero-order valence-corrected chi connectivity index (χ0v) is 7.55. The summed E-state index contributed by atoms with van der Waals surface area (Å²) in [4.78, 5) is 7.27. The molecule has 0 aliphatic carbocycles. The maximum atomic E-state index is 4.17. The van der Waals surface area contributed by atoms with Crippen LogP contribution in [-0.4, -0.2) is 9.97 Å². The molecule has 1 radical (unpaired) electrons. The van der Waals surface area contributed by atoms with Crippen LogP contribution in [0.15, 0.2) is 12.4 Å². The fraction of sp³-hybridized carbons (Fsp3) is 0.600. The first-order valence-electron chi connectivity index (χ1n) is 4.71. The Morgan fingerprint density at radius 1 is 1.25 bits per heavy atom. The van der Waals surface area contributed by atoms with E-state index in [1.54, 1.807) is 0 Å². The topological polar surface area (TPSA) is 28.7 Å². The van der Waals surface area contributed by atoms with Gasteiger partial charge in [0.2, 0.25) is 0 Å². The van der Waals surface area contributed by atoms with Crippen LogP contribution in [0.4, 0.5) is 0 Å². The normalized spacial score (nSPS) is 10.4. The lowest BCUT2D eigenvalue weighted by Gasteiger charge is -1.97. The van der Waals surface area contributed by atoms with Crippen LogP contribution in [-0.2, 0) is 6.42 Å². The van der Waals surface area contributed by atoms with Crippen LogP contribution >= 0.6 is 0 Å². The number of hydrogen-bond acceptors (Lipinski definition) is 1. The van der Waals surface area contributed by atoms with E-state index < -0.39 is 0 Å². The summed E-state index contributed by atoms with van der Waals surface area (Å²) in [6.45, 7) is 3.81. The molecular formula is C10H17N2. The summed E-state index contributed by atoms with van der Waals surface area (Å²) in [6.07, 6.45) is 11.0. The molecule has 0 unspecified atom stereocenters. The standard InChI is InChI=1S/C10H17N2/c1-2-3-4-5-6-7-10-11-8-9-12-10/h8-9H,1-7H2,(H,11,12). The van der Waals surface area contributed by atoms with Gasteiger partial charge in [-0.1, -0.05) is 32.6 Å². The lowest BCUT2D eigenvalue weighted by Crippen LogP contribution is -1.87. The third-order valence-electron chi connectivity index (χ3n) is 1.97. The number of nitrogens with zero attached hydrogens (tertiary/aromatic N) is 1. The van der Waals surface area contributed by atoms with Crippen molar-refractivity contribution in [2.45, 2.75) is 38.5 Å². The number of aromatic amines is 1. The van der Waals surface area contributed by atoms with E-state index in [-0.39, 0.29) is 0 Å². The molecule has 12 heavy (non-hydrogen) atoms. The van der Waals surface area contributed by atoms with E-state index in [1.165, 1.54) is 25.7 Å². The van der Waals surface area contributed by atoms with Crippen molar-refractivity contribution in [3.8, 4) is 0 Å². The van der Waals surface area contributed by atoms with Crippen LogP contribution in [0.1, 0.15) is 37.9 Å². The number of unbranched alkanes of at least 4 members (excludes halogenated alkanes) is 4. The van der Waals surface area contributed by atoms with E-state index >= 15 is 0 Å². The van der Waals surface area contributed by atoms with Crippen LogP contribution in [0.3, 0.4) is 0 Å². The van der Waals surface area contributed by atoms with Gasteiger partial charge in [-0.25, -0.2) is 4.98 Å². The lowest BCUT2D eigenvalue weighted by molar-refractivity contribution is 0.636. The Hall–Kier alpha value is -0.790. The summed E-state index contributed by atoms with van der Waals surface area (Å²) in [6, 6.07) is 0. The molecule has 0 saturated heterocycles. The first-order chi connectivity index (χ1) is 5.93. The van der Waals surface area contributed by atoms with Gasteiger partial charge >= 0.3 is 0 Å². The summed E-state index contributed by atoms with van der Waals surface area (Å²) >= 11 is 0. The van der Waals surface area contributed by atoms with Gasteiger partial charge in [0.25, 0.3) is 0 Å². The van der Waals surface area contributed by atoms with Gasteiger partial charge < -0.3 is 4.98 Å². The van der Waals surface area contributed by atoms with E-state index in [9.17, 15) is 0 Å². The number of nitrogens with one attached hydrogen (secondary N) is 1. The first kappa shape index (κ1) is 9.30. The molecule has 2 heteroatoms. The SMILES string of the molecule is [CH2]CCCCCCc1ncc[nH]1. The summed E-state index contributed by atoms with van der Waals surface area (Å²) < 4.78 is 0. The Kier molecular flexibility index (Phi) is 4.50. The van der Waals surface area contributed by atoms with Gasteiger partial charge in [-0.15, -0.1) is 0 Å². The zero-order chi connectivity index (χ0) is 8.65. The molecular weight excluding hydrogens is 148 g/mol. The van der Waals surface area contributed by atoms with Crippen molar-refractivity contribution in [2.75, 3.05) is 0 Å². The minimum absolute atomic E-state index is 1.07. The number of aromatic nitrogens is 2. The smallest absolute Gasteiger partial charge is 0.105 e. The second-order valence-electron chi connectivity index (χ2n) is 3.05. The van der Waals surface area contributed by atoms with Gasteiger partial charge in [0.1, 0.15) is 5.82 Å². The van der Waals surface area contributed by atoms with E-state index in [4.69, 9.17) is 0 Å². The van der Waals surface area contributed by atoms with Crippen molar-refractivity contribution in [1.82, 2.24) is 9.97 Å². The maximum Gasteiger partial charge on any atom is 0.105 e. The van der Waals surface area contributed by atoms with Gasteiger partial charge in [-0.2, -0.15) is 0 Å². The monoisotopic (exact) mass is 165 g/mol. The summed E-state index contributed by atoms with van der Waals surface area (Å²) in [5.74, 6) is 1.12. The number of rotatable bonds is 6. The fourth-order valence-electron chi connectivity index (χ4n) is 1.26. The predicted molar refractivity (Wildman–Crippen MR) is 50.7 cm³/mol. The van der Waals surface area contributed by atoms with E-state index in [0.717, 1.165) is 18.7 Å². The van der Waals surface area contributed by atoms with E-state index in [0.29, 0.717) is 0 Å². The molecule has 1 N–H and O–H groups in total. The Labute approximate surface area is 74.4 Å². The molecule has 0 bridgehead atoms. The minimum atomic E-state index is 1.07. The molecule has 0 aromatic carbocycles. The molecule has 1 heterocycles. The number of imidazole rings is 1. The zero-order valence-electron chi connectivity index (χ0n) is 7.55. The van der Waals surface area contributed by atoms with Crippen LogP contribution in [0.5, 0.6) is 0 Å². The minimum Gasteiger partial charge on any atom is -0.349 e. The van der Waals surface area contributed by atoms with E-state index in [2.05, 4.69) is 16.9 Å².